The van der Waals surface area contributed by atoms with Crippen LogP contribution in [0.15, 0.2) is 46.5 Å². The van der Waals surface area contributed by atoms with Crippen LogP contribution in [-0.4, -0.2) is 25.6 Å². The van der Waals surface area contributed by atoms with Gasteiger partial charge in [-0.2, -0.15) is 5.10 Å². The van der Waals surface area contributed by atoms with Gasteiger partial charge in [-0.25, -0.2) is 0 Å². The van der Waals surface area contributed by atoms with Gasteiger partial charge >= 0.3 is 0 Å². The van der Waals surface area contributed by atoms with Crippen molar-refractivity contribution in [3.8, 4) is 5.75 Å². The molecule has 3 rings (SSSR count). The van der Waals surface area contributed by atoms with E-state index in [9.17, 15) is 0 Å². The maximum atomic E-state index is 5.55. The predicted octanol–water partition coefficient (Wildman–Crippen LogP) is 5.44. The molecule has 1 heterocycles. The zero-order valence-electron chi connectivity index (χ0n) is 17.2. The lowest BCUT2D eigenvalue weighted by Crippen LogP contribution is -2.28. The fourth-order valence-electron chi connectivity index (χ4n) is 3.44. The molecule has 0 radical (unpaired) electrons. The van der Waals surface area contributed by atoms with Gasteiger partial charge in [0.2, 0.25) is 0 Å². The molecule has 0 N–H and O–H groups in total. The summed E-state index contributed by atoms with van der Waals surface area (Å²) < 4.78 is 5.55. The summed E-state index contributed by atoms with van der Waals surface area (Å²) in [5.74, 6) is 0.831. The highest BCUT2D eigenvalue weighted by Gasteiger charge is 2.34. The van der Waals surface area contributed by atoms with Crippen LogP contribution >= 0.6 is 0 Å². The van der Waals surface area contributed by atoms with Crippen LogP contribution in [0.25, 0.3) is 0 Å². The average Bonchev–Trinajstić information content (AvgIpc) is 2.92. The first-order valence-corrected chi connectivity index (χ1v) is 9.59. The number of rotatable bonds is 6. The first kappa shape index (κ1) is 19.2. The Morgan fingerprint density at radius 1 is 1.15 bits per heavy atom. The molecule has 0 unspecified atom stereocenters. The summed E-state index contributed by atoms with van der Waals surface area (Å²) in [5, 5.41) is 6.71. The fourth-order valence-corrected chi connectivity index (χ4v) is 3.44. The van der Waals surface area contributed by atoms with Gasteiger partial charge in [0.15, 0.2) is 0 Å². The minimum Gasteiger partial charge on any atom is -0.495 e. The predicted molar refractivity (Wildman–Crippen MR) is 115 cm³/mol. The van der Waals surface area contributed by atoms with Crippen LogP contribution in [0.5, 0.6) is 5.75 Å². The molecular formula is C23H29N3O. The molecule has 0 saturated heterocycles. The largest absolute Gasteiger partial charge is 0.495 e. The minimum atomic E-state index is -0.152. The average molecular weight is 364 g/mol. The Bertz CT molecular complexity index is 896. The standard InChI is InChI=1S/C23H29N3O/c1-7-17-10-11-19-18(14-17)23(4,5)22(25-19)15-24-26(8-2)20-12-9-16(3)13-21(20)27-6/h9-15H,7-8H2,1-6H3/b24-15+. The van der Waals surface area contributed by atoms with Crippen molar-refractivity contribution in [2.75, 3.05) is 18.7 Å². The van der Waals surface area contributed by atoms with Crippen molar-refractivity contribution in [2.45, 2.75) is 46.5 Å². The second-order valence-corrected chi connectivity index (χ2v) is 7.46. The van der Waals surface area contributed by atoms with Gasteiger partial charge in [-0.15, -0.1) is 0 Å². The number of benzene rings is 2. The molecule has 0 atom stereocenters. The summed E-state index contributed by atoms with van der Waals surface area (Å²) in [6.07, 6.45) is 2.93. The van der Waals surface area contributed by atoms with E-state index in [1.807, 2.05) is 17.3 Å². The van der Waals surface area contributed by atoms with Gasteiger partial charge in [0, 0.05) is 12.0 Å². The highest BCUT2D eigenvalue weighted by molar-refractivity contribution is 6.36. The molecule has 0 saturated carbocycles. The lowest BCUT2D eigenvalue weighted by Gasteiger charge is -2.23. The van der Waals surface area contributed by atoms with Crippen LogP contribution < -0.4 is 9.75 Å². The Morgan fingerprint density at radius 2 is 1.93 bits per heavy atom. The molecule has 2 aromatic carbocycles. The molecular weight excluding hydrogens is 334 g/mol. The molecule has 2 aromatic rings. The first-order valence-electron chi connectivity index (χ1n) is 9.59. The Labute approximate surface area is 162 Å². The third-order valence-corrected chi connectivity index (χ3v) is 5.26. The third kappa shape index (κ3) is 3.61. The van der Waals surface area contributed by atoms with Gasteiger partial charge in [0.1, 0.15) is 11.4 Å². The number of aliphatic imine (C=N–C) groups is 1. The van der Waals surface area contributed by atoms with Gasteiger partial charge in [-0.05, 0) is 55.2 Å². The van der Waals surface area contributed by atoms with Gasteiger partial charge in [0.05, 0.1) is 24.7 Å². The van der Waals surface area contributed by atoms with Crippen molar-refractivity contribution in [1.82, 2.24) is 0 Å². The molecule has 0 aliphatic carbocycles. The highest BCUT2D eigenvalue weighted by atomic mass is 16.5. The molecule has 0 bridgehead atoms. The molecule has 0 amide bonds. The minimum absolute atomic E-state index is 0.152. The number of aryl methyl sites for hydroxylation is 2. The van der Waals surface area contributed by atoms with Crippen molar-refractivity contribution in [1.29, 1.82) is 0 Å². The van der Waals surface area contributed by atoms with Gasteiger partial charge in [-0.3, -0.25) is 10.0 Å². The van der Waals surface area contributed by atoms with Gasteiger partial charge < -0.3 is 4.74 Å². The monoisotopic (exact) mass is 363 g/mol. The summed E-state index contributed by atoms with van der Waals surface area (Å²) in [5.41, 5.74) is 6.63. The number of hydrazone groups is 1. The Kier molecular flexibility index (Phi) is 5.36. The van der Waals surface area contributed by atoms with Crippen LogP contribution in [0, 0.1) is 6.92 Å². The Balaban J connectivity index is 1.91. The lowest BCUT2D eigenvalue weighted by atomic mass is 9.81. The number of fused-ring (bicyclic) bond motifs is 1. The van der Waals surface area contributed by atoms with E-state index in [0.717, 1.165) is 35.8 Å². The van der Waals surface area contributed by atoms with E-state index in [2.05, 4.69) is 65.0 Å². The Hall–Kier alpha value is -2.62. The summed E-state index contributed by atoms with van der Waals surface area (Å²) >= 11 is 0. The number of nitrogens with zero attached hydrogens (tertiary/aromatic N) is 3. The van der Waals surface area contributed by atoms with Gasteiger partial charge in [-0.1, -0.05) is 39.0 Å². The van der Waals surface area contributed by atoms with Crippen molar-refractivity contribution >= 4 is 23.3 Å². The summed E-state index contributed by atoms with van der Waals surface area (Å²) in [6.45, 7) is 11.5. The molecule has 0 aromatic heterocycles. The molecule has 0 spiro atoms. The molecule has 1 aliphatic rings. The van der Waals surface area contributed by atoms with Crippen molar-refractivity contribution in [2.24, 2.45) is 10.1 Å². The zero-order chi connectivity index (χ0) is 19.6. The first-order chi connectivity index (χ1) is 12.9. The van der Waals surface area contributed by atoms with Crippen molar-refractivity contribution in [3.05, 3.63) is 53.1 Å². The maximum Gasteiger partial charge on any atom is 0.144 e. The topological polar surface area (TPSA) is 37.2 Å². The van der Waals surface area contributed by atoms with E-state index >= 15 is 0 Å². The van der Waals surface area contributed by atoms with Crippen molar-refractivity contribution in [3.63, 3.8) is 0 Å². The third-order valence-electron chi connectivity index (χ3n) is 5.26. The lowest BCUT2D eigenvalue weighted by molar-refractivity contribution is 0.414. The smallest absolute Gasteiger partial charge is 0.144 e. The Morgan fingerprint density at radius 3 is 2.59 bits per heavy atom. The van der Waals surface area contributed by atoms with E-state index in [1.165, 1.54) is 16.7 Å². The molecule has 0 fully saturated rings. The molecule has 142 valence electrons. The van der Waals surface area contributed by atoms with Crippen LogP contribution in [0.3, 0.4) is 0 Å². The SMILES string of the molecule is CCc1ccc2c(c1)C(C)(C)C(/C=N/N(CC)c1ccc(C)cc1OC)=N2. The van der Waals surface area contributed by atoms with Crippen molar-refractivity contribution < 1.29 is 4.74 Å². The van der Waals surface area contributed by atoms with E-state index in [4.69, 9.17) is 14.8 Å². The summed E-state index contributed by atoms with van der Waals surface area (Å²) in [4.78, 5) is 4.85. The molecule has 4 heteroatoms. The molecule has 1 aliphatic heterocycles. The normalized spacial score (nSPS) is 15.0. The number of hydrogen-bond acceptors (Lipinski definition) is 4. The number of ether oxygens (including phenoxy) is 1. The second kappa shape index (κ2) is 7.55. The second-order valence-electron chi connectivity index (χ2n) is 7.46. The van der Waals surface area contributed by atoms with Crippen LogP contribution in [-0.2, 0) is 11.8 Å². The highest BCUT2D eigenvalue weighted by Crippen LogP contribution is 2.40. The van der Waals surface area contributed by atoms with Crippen LogP contribution in [0.1, 0.15) is 44.4 Å². The van der Waals surface area contributed by atoms with Gasteiger partial charge in [0.25, 0.3) is 0 Å². The van der Waals surface area contributed by atoms with E-state index < -0.39 is 0 Å². The number of methoxy groups -OCH3 is 1. The molecule has 27 heavy (non-hydrogen) atoms. The molecule has 4 nitrogen and oxygen atoms in total. The van der Waals surface area contributed by atoms with Crippen LogP contribution in [0.2, 0.25) is 0 Å². The number of anilines is 1. The quantitative estimate of drug-likeness (QED) is 0.506. The van der Waals surface area contributed by atoms with E-state index in [-0.39, 0.29) is 5.41 Å². The number of hydrogen-bond donors (Lipinski definition) is 0. The van der Waals surface area contributed by atoms with E-state index in [1.54, 1.807) is 7.11 Å². The summed E-state index contributed by atoms with van der Waals surface area (Å²) in [6, 6.07) is 12.7. The summed E-state index contributed by atoms with van der Waals surface area (Å²) in [7, 11) is 1.70. The van der Waals surface area contributed by atoms with Crippen LogP contribution in [0.4, 0.5) is 11.4 Å². The maximum absolute atomic E-state index is 5.55. The zero-order valence-corrected chi connectivity index (χ0v) is 17.2. The van der Waals surface area contributed by atoms with E-state index in [0.29, 0.717) is 0 Å². The fraction of sp³-hybridized carbons (Fsp3) is 0.391.